The quantitative estimate of drug-likeness (QED) is 0.849. The molecule has 2 rings (SSSR count). The minimum Gasteiger partial charge on any atom is -0.481 e. The Bertz CT molecular complexity index is 734. The molecule has 1 fully saturated rings. The van der Waals surface area contributed by atoms with Gasteiger partial charge in [-0.3, -0.25) is 9.10 Å². The Balaban J connectivity index is 2.16. The van der Waals surface area contributed by atoms with Crippen LogP contribution in [0.3, 0.4) is 0 Å². The van der Waals surface area contributed by atoms with Crippen LogP contribution in [-0.4, -0.2) is 56.8 Å². The Morgan fingerprint density at radius 3 is 2.62 bits per heavy atom. The molecule has 9 heteroatoms. The molecule has 0 aliphatic carbocycles. The van der Waals surface area contributed by atoms with Gasteiger partial charge in [-0.05, 0) is 25.0 Å². The van der Waals surface area contributed by atoms with E-state index < -0.39 is 27.9 Å². The van der Waals surface area contributed by atoms with E-state index in [1.54, 1.807) is 24.3 Å². The van der Waals surface area contributed by atoms with Crippen LogP contribution in [-0.2, 0) is 14.8 Å². The highest BCUT2D eigenvalue weighted by Gasteiger charge is 2.28. The number of carboxylic acids is 1. The van der Waals surface area contributed by atoms with Gasteiger partial charge in [-0.15, -0.1) is 0 Å². The van der Waals surface area contributed by atoms with Crippen LogP contribution in [0.2, 0.25) is 0 Å². The lowest BCUT2D eigenvalue weighted by Gasteiger charge is -2.31. The van der Waals surface area contributed by atoms with Crippen LogP contribution < -0.4 is 9.62 Å². The van der Waals surface area contributed by atoms with E-state index in [0.717, 1.165) is 10.6 Å². The summed E-state index contributed by atoms with van der Waals surface area (Å²) < 4.78 is 24.5. The van der Waals surface area contributed by atoms with Gasteiger partial charge in [0.15, 0.2) is 0 Å². The van der Waals surface area contributed by atoms with Crippen LogP contribution in [0, 0.1) is 5.92 Å². The molecule has 0 spiro atoms. The van der Waals surface area contributed by atoms with Gasteiger partial charge < -0.3 is 15.3 Å². The third-order valence-electron chi connectivity index (χ3n) is 4.04. The Labute approximate surface area is 141 Å². The molecular weight excluding hydrogens is 334 g/mol. The Morgan fingerprint density at radius 2 is 2.00 bits per heavy atom. The van der Waals surface area contributed by atoms with Gasteiger partial charge in [-0.25, -0.2) is 13.2 Å². The van der Waals surface area contributed by atoms with E-state index in [1.807, 2.05) is 0 Å². The number of likely N-dealkylation sites (tertiary alicyclic amines) is 1. The lowest BCUT2D eigenvalue weighted by molar-refractivity contribution is -0.143. The fourth-order valence-corrected chi connectivity index (χ4v) is 3.11. The average Bonchev–Trinajstić information content (AvgIpc) is 2.54. The molecule has 132 valence electrons. The number of anilines is 2. The van der Waals surface area contributed by atoms with Crippen molar-refractivity contribution in [1.82, 2.24) is 4.90 Å². The Hall–Kier alpha value is -2.29. The maximum absolute atomic E-state index is 12.4. The molecule has 1 aliphatic rings. The molecule has 8 nitrogen and oxygen atoms in total. The SMILES string of the molecule is CN(c1ccccc1NC(=O)N1CCCC(C(=O)O)C1)S(C)(=O)=O. The second-order valence-electron chi connectivity index (χ2n) is 5.80. The monoisotopic (exact) mass is 355 g/mol. The van der Waals surface area contributed by atoms with Crippen molar-refractivity contribution in [3.63, 3.8) is 0 Å². The molecular formula is C15H21N3O5S. The topological polar surface area (TPSA) is 107 Å². The van der Waals surface area contributed by atoms with Crippen LogP contribution in [0.15, 0.2) is 24.3 Å². The zero-order valence-electron chi connectivity index (χ0n) is 13.6. The van der Waals surface area contributed by atoms with Gasteiger partial charge in [-0.1, -0.05) is 12.1 Å². The molecule has 0 saturated carbocycles. The summed E-state index contributed by atoms with van der Waals surface area (Å²) in [7, 11) is -2.06. The number of para-hydroxylation sites is 2. The predicted octanol–water partition coefficient (Wildman–Crippen LogP) is 1.41. The zero-order chi connectivity index (χ0) is 17.9. The number of amides is 2. The fourth-order valence-electron chi connectivity index (χ4n) is 2.59. The van der Waals surface area contributed by atoms with E-state index in [4.69, 9.17) is 5.11 Å². The Kier molecular flexibility index (Phi) is 5.33. The number of aliphatic carboxylic acids is 1. The number of nitrogens with one attached hydrogen (secondary N) is 1. The highest BCUT2D eigenvalue weighted by molar-refractivity contribution is 7.92. The third-order valence-corrected chi connectivity index (χ3v) is 5.23. The molecule has 0 aromatic heterocycles. The first-order valence-corrected chi connectivity index (χ1v) is 9.36. The molecule has 2 amide bonds. The van der Waals surface area contributed by atoms with Crippen LogP contribution in [0.4, 0.5) is 16.2 Å². The summed E-state index contributed by atoms with van der Waals surface area (Å²) >= 11 is 0. The van der Waals surface area contributed by atoms with Gasteiger partial charge in [-0.2, -0.15) is 0 Å². The van der Waals surface area contributed by atoms with Crippen LogP contribution in [0.25, 0.3) is 0 Å². The number of carboxylic acid groups (broad SMARTS) is 1. The van der Waals surface area contributed by atoms with Crippen molar-refractivity contribution in [2.75, 3.05) is 36.0 Å². The van der Waals surface area contributed by atoms with Crippen molar-refractivity contribution in [3.05, 3.63) is 24.3 Å². The number of nitrogens with zero attached hydrogens (tertiary/aromatic N) is 2. The van der Waals surface area contributed by atoms with Gasteiger partial charge in [0.1, 0.15) is 0 Å². The third kappa shape index (κ3) is 4.16. The summed E-state index contributed by atoms with van der Waals surface area (Å²) in [5, 5.41) is 11.8. The maximum Gasteiger partial charge on any atom is 0.321 e. The summed E-state index contributed by atoms with van der Waals surface area (Å²) in [6.07, 6.45) is 2.25. The number of rotatable bonds is 4. The van der Waals surface area contributed by atoms with Crippen LogP contribution >= 0.6 is 0 Å². The largest absolute Gasteiger partial charge is 0.481 e. The first-order chi connectivity index (χ1) is 11.2. The summed E-state index contributed by atoms with van der Waals surface area (Å²) in [5.74, 6) is -1.48. The van der Waals surface area contributed by atoms with Gasteiger partial charge in [0, 0.05) is 20.1 Å². The number of urea groups is 1. The molecule has 1 unspecified atom stereocenters. The second kappa shape index (κ2) is 7.08. The van der Waals surface area contributed by atoms with Crippen molar-refractivity contribution in [2.24, 2.45) is 5.92 Å². The van der Waals surface area contributed by atoms with Crippen molar-refractivity contribution in [1.29, 1.82) is 0 Å². The number of benzene rings is 1. The molecule has 0 bridgehead atoms. The van der Waals surface area contributed by atoms with Crippen molar-refractivity contribution in [2.45, 2.75) is 12.8 Å². The van der Waals surface area contributed by atoms with E-state index in [-0.39, 0.29) is 6.54 Å². The standard InChI is InChI=1S/C15H21N3O5S/c1-17(24(2,22)23)13-8-4-3-7-12(13)16-15(21)18-9-5-6-11(10-18)14(19)20/h3-4,7-8,11H,5-6,9-10H2,1-2H3,(H,16,21)(H,19,20). The lowest BCUT2D eigenvalue weighted by atomic mass is 9.99. The number of hydrogen-bond donors (Lipinski definition) is 2. The molecule has 1 aliphatic heterocycles. The van der Waals surface area contributed by atoms with E-state index in [2.05, 4.69) is 5.32 Å². The van der Waals surface area contributed by atoms with Gasteiger partial charge in [0.2, 0.25) is 10.0 Å². The second-order valence-corrected chi connectivity index (χ2v) is 7.81. The number of carbonyl (C=O) groups is 2. The van der Waals surface area contributed by atoms with E-state index in [9.17, 15) is 18.0 Å². The first kappa shape index (κ1) is 18.1. The molecule has 0 radical (unpaired) electrons. The molecule has 24 heavy (non-hydrogen) atoms. The summed E-state index contributed by atoms with van der Waals surface area (Å²) in [6, 6.07) is 6.12. The summed E-state index contributed by atoms with van der Waals surface area (Å²) in [5.41, 5.74) is 0.702. The fraction of sp³-hybridized carbons (Fsp3) is 0.467. The normalized spacial score (nSPS) is 18.1. The molecule has 1 atom stereocenters. The highest BCUT2D eigenvalue weighted by Crippen LogP contribution is 2.27. The molecule has 1 aromatic rings. The minimum atomic E-state index is -3.47. The Morgan fingerprint density at radius 1 is 1.33 bits per heavy atom. The van der Waals surface area contributed by atoms with Crippen LogP contribution in [0.1, 0.15) is 12.8 Å². The number of hydrogen-bond acceptors (Lipinski definition) is 4. The summed E-state index contributed by atoms with van der Waals surface area (Å²) in [6.45, 7) is 0.616. The molecule has 1 heterocycles. The maximum atomic E-state index is 12.4. The minimum absolute atomic E-state index is 0.144. The first-order valence-electron chi connectivity index (χ1n) is 7.52. The molecule has 1 saturated heterocycles. The van der Waals surface area contributed by atoms with Gasteiger partial charge in [0.25, 0.3) is 0 Å². The molecule has 2 N–H and O–H groups in total. The van der Waals surface area contributed by atoms with Crippen molar-refractivity contribution in [3.8, 4) is 0 Å². The number of carbonyl (C=O) groups excluding carboxylic acids is 1. The van der Waals surface area contributed by atoms with Crippen molar-refractivity contribution < 1.29 is 23.1 Å². The van der Waals surface area contributed by atoms with Gasteiger partial charge >= 0.3 is 12.0 Å². The highest BCUT2D eigenvalue weighted by atomic mass is 32.2. The number of piperidine rings is 1. The van der Waals surface area contributed by atoms with Gasteiger partial charge in [0.05, 0.1) is 23.5 Å². The van der Waals surface area contributed by atoms with Crippen LogP contribution in [0.5, 0.6) is 0 Å². The summed E-state index contributed by atoms with van der Waals surface area (Å²) in [4.78, 5) is 25.0. The predicted molar refractivity (Wildman–Crippen MR) is 90.6 cm³/mol. The zero-order valence-corrected chi connectivity index (χ0v) is 14.4. The average molecular weight is 355 g/mol. The number of sulfonamides is 1. The van der Waals surface area contributed by atoms with E-state index >= 15 is 0 Å². The van der Waals surface area contributed by atoms with E-state index in [1.165, 1.54) is 11.9 Å². The van der Waals surface area contributed by atoms with Crippen molar-refractivity contribution >= 4 is 33.4 Å². The van der Waals surface area contributed by atoms with E-state index in [0.29, 0.717) is 30.8 Å². The smallest absolute Gasteiger partial charge is 0.321 e. The lowest BCUT2D eigenvalue weighted by Crippen LogP contribution is -2.44. The molecule has 1 aromatic carbocycles.